The van der Waals surface area contributed by atoms with E-state index in [4.69, 9.17) is 18.9 Å². The first kappa shape index (κ1) is 17.2. The van der Waals surface area contributed by atoms with Gasteiger partial charge < -0.3 is 24.3 Å². The molecule has 1 N–H and O–H groups in total. The van der Waals surface area contributed by atoms with E-state index in [1.807, 2.05) is 7.05 Å². The van der Waals surface area contributed by atoms with E-state index >= 15 is 0 Å². The fraction of sp³-hybridized carbons (Fsp3) is 1.00. The smallest absolute Gasteiger partial charge is 0.0701 e. The van der Waals surface area contributed by atoms with E-state index < -0.39 is 0 Å². The van der Waals surface area contributed by atoms with Crippen LogP contribution in [0.4, 0.5) is 0 Å². The summed E-state index contributed by atoms with van der Waals surface area (Å²) >= 11 is 4.03. The molecule has 0 fully saturated rings. The molecule has 0 rings (SSSR count). The van der Waals surface area contributed by atoms with Crippen LogP contribution in [-0.4, -0.2) is 72.2 Å². The summed E-state index contributed by atoms with van der Waals surface area (Å²) in [5.41, 5.74) is 0. The molecule has 0 amide bonds. The zero-order valence-electron chi connectivity index (χ0n) is 10.7. The van der Waals surface area contributed by atoms with Crippen molar-refractivity contribution in [2.45, 2.75) is 0 Å². The summed E-state index contributed by atoms with van der Waals surface area (Å²) < 4.78 is 21.1. The average Bonchev–Trinajstić information content (AvgIpc) is 2.35. The number of hydrogen-bond acceptors (Lipinski definition) is 6. The summed E-state index contributed by atoms with van der Waals surface area (Å²) in [6.45, 7) is 5.93. The monoisotopic (exact) mass is 267 g/mol. The lowest BCUT2D eigenvalue weighted by molar-refractivity contribution is 0.000273. The van der Waals surface area contributed by atoms with Gasteiger partial charge in [-0.2, -0.15) is 12.6 Å². The Balaban J connectivity index is 2.85. The van der Waals surface area contributed by atoms with E-state index in [1.54, 1.807) is 0 Å². The van der Waals surface area contributed by atoms with E-state index in [-0.39, 0.29) is 0 Å². The molecule has 0 radical (unpaired) electrons. The zero-order chi connectivity index (χ0) is 12.6. The molecule has 104 valence electrons. The Hall–Kier alpha value is 0.150. The van der Waals surface area contributed by atoms with E-state index in [1.165, 1.54) is 0 Å². The van der Waals surface area contributed by atoms with Gasteiger partial charge in [0.05, 0.1) is 52.9 Å². The van der Waals surface area contributed by atoms with Gasteiger partial charge in [0, 0.05) is 12.3 Å². The van der Waals surface area contributed by atoms with E-state index in [9.17, 15) is 0 Å². The van der Waals surface area contributed by atoms with E-state index in [0.717, 1.165) is 18.9 Å². The largest absolute Gasteiger partial charge is 0.378 e. The van der Waals surface area contributed by atoms with Crippen LogP contribution in [0.3, 0.4) is 0 Å². The minimum Gasteiger partial charge on any atom is -0.378 e. The molecule has 0 aliphatic rings. The lowest BCUT2D eigenvalue weighted by atomic mass is 10.6. The molecule has 0 spiro atoms. The molecule has 0 aromatic carbocycles. The maximum Gasteiger partial charge on any atom is 0.0701 e. The quantitative estimate of drug-likeness (QED) is 0.348. The number of thiol groups is 1. The van der Waals surface area contributed by atoms with Gasteiger partial charge in [-0.25, -0.2) is 0 Å². The highest BCUT2D eigenvalue weighted by Crippen LogP contribution is 1.83. The number of ether oxygens (including phenoxy) is 4. The van der Waals surface area contributed by atoms with Crippen LogP contribution in [0.15, 0.2) is 0 Å². The second-order valence-corrected chi connectivity index (χ2v) is 3.72. The highest BCUT2D eigenvalue weighted by molar-refractivity contribution is 7.80. The average molecular weight is 267 g/mol. The molecule has 0 atom stereocenters. The summed E-state index contributed by atoms with van der Waals surface area (Å²) in [5, 5.41) is 3.00. The Kier molecular flexibility index (Phi) is 16.3. The van der Waals surface area contributed by atoms with Crippen LogP contribution in [0, 0.1) is 0 Å². The Morgan fingerprint density at radius 1 is 0.706 bits per heavy atom. The van der Waals surface area contributed by atoms with Gasteiger partial charge in [-0.3, -0.25) is 0 Å². The van der Waals surface area contributed by atoms with Gasteiger partial charge in [0.25, 0.3) is 0 Å². The van der Waals surface area contributed by atoms with Gasteiger partial charge in [0.1, 0.15) is 0 Å². The molecule has 0 unspecified atom stereocenters. The fourth-order valence-corrected chi connectivity index (χ4v) is 1.13. The van der Waals surface area contributed by atoms with Crippen LogP contribution < -0.4 is 5.32 Å². The molecule has 17 heavy (non-hydrogen) atoms. The standard InChI is InChI=1S/C11H25NO4S/c1-12-2-3-13-4-5-14-6-7-15-8-9-16-10-11-17/h12,17H,2-11H2,1H3. The van der Waals surface area contributed by atoms with Crippen molar-refractivity contribution in [3.05, 3.63) is 0 Å². The van der Waals surface area contributed by atoms with Crippen molar-refractivity contribution < 1.29 is 18.9 Å². The normalized spacial score (nSPS) is 10.9. The summed E-state index contributed by atoms with van der Waals surface area (Å²) in [7, 11) is 1.90. The molecular weight excluding hydrogens is 242 g/mol. The van der Waals surface area contributed by atoms with Crippen LogP contribution >= 0.6 is 12.6 Å². The molecule has 0 saturated carbocycles. The first-order chi connectivity index (χ1) is 8.41. The maximum absolute atomic E-state index is 5.32. The van der Waals surface area contributed by atoms with Crippen LogP contribution in [0.1, 0.15) is 0 Å². The van der Waals surface area contributed by atoms with Crippen molar-refractivity contribution in [2.75, 3.05) is 72.2 Å². The van der Waals surface area contributed by atoms with Gasteiger partial charge >= 0.3 is 0 Å². The zero-order valence-corrected chi connectivity index (χ0v) is 11.5. The van der Waals surface area contributed by atoms with Crippen LogP contribution in [0.2, 0.25) is 0 Å². The van der Waals surface area contributed by atoms with Crippen molar-refractivity contribution in [3.63, 3.8) is 0 Å². The summed E-state index contributed by atoms with van der Waals surface area (Å²) in [4.78, 5) is 0. The summed E-state index contributed by atoms with van der Waals surface area (Å²) in [5.74, 6) is 0.747. The molecule has 0 saturated heterocycles. The lowest BCUT2D eigenvalue weighted by Crippen LogP contribution is -2.17. The summed E-state index contributed by atoms with van der Waals surface area (Å²) in [6.07, 6.45) is 0. The van der Waals surface area contributed by atoms with Crippen LogP contribution in [0.5, 0.6) is 0 Å². The van der Waals surface area contributed by atoms with Crippen LogP contribution in [0.25, 0.3) is 0 Å². The molecular formula is C11H25NO4S. The lowest BCUT2D eigenvalue weighted by Gasteiger charge is -2.07. The second-order valence-electron chi connectivity index (χ2n) is 3.28. The molecule has 0 aliphatic heterocycles. The van der Waals surface area contributed by atoms with Gasteiger partial charge in [-0.1, -0.05) is 0 Å². The van der Waals surface area contributed by atoms with E-state index in [0.29, 0.717) is 46.2 Å². The Labute approximate surface area is 110 Å². The second kappa shape index (κ2) is 16.1. The van der Waals surface area contributed by atoms with Gasteiger partial charge in [0.2, 0.25) is 0 Å². The van der Waals surface area contributed by atoms with Gasteiger partial charge in [0.15, 0.2) is 0 Å². The Morgan fingerprint density at radius 3 is 1.53 bits per heavy atom. The molecule has 0 aromatic heterocycles. The SMILES string of the molecule is CNCCOCCOCCOCCOCCS. The predicted molar refractivity (Wildman–Crippen MR) is 71.1 cm³/mol. The third kappa shape index (κ3) is 16.1. The van der Waals surface area contributed by atoms with Crippen molar-refractivity contribution >= 4 is 12.6 Å². The Bertz CT molecular complexity index is 127. The number of hydrogen-bond donors (Lipinski definition) is 2. The first-order valence-corrected chi connectivity index (χ1v) is 6.61. The molecule has 0 aromatic rings. The van der Waals surface area contributed by atoms with Crippen molar-refractivity contribution in [2.24, 2.45) is 0 Å². The number of likely N-dealkylation sites (N-methyl/N-ethyl adjacent to an activating group) is 1. The highest BCUT2D eigenvalue weighted by atomic mass is 32.1. The fourth-order valence-electron chi connectivity index (χ4n) is 1.00. The molecule has 0 aliphatic carbocycles. The molecule has 0 bridgehead atoms. The van der Waals surface area contributed by atoms with E-state index in [2.05, 4.69) is 17.9 Å². The van der Waals surface area contributed by atoms with Gasteiger partial charge in [-0.15, -0.1) is 0 Å². The topological polar surface area (TPSA) is 49.0 Å². The molecule has 5 nitrogen and oxygen atoms in total. The van der Waals surface area contributed by atoms with Crippen LogP contribution in [-0.2, 0) is 18.9 Å². The molecule has 6 heteroatoms. The minimum absolute atomic E-state index is 0.598. The number of nitrogens with one attached hydrogen (secondary N) is 1. The Morgan fingerprint density at radius 2 is 1.12 bits per heavy atom. The predicted octanol–water partition coefficient (Wildman–Crippen LogP) is 0.202. The molecule has 0 heterocycles. The third-order valence-electron chi connectivity index (χ3n) is 1.85. The van der Waals surface area contributed by atoms with Crippen molar-refractivity contribution in [1.29, 1.82) is 0 Å². The third-order valence-corrected chi connectivity index (χ3v) is 2.03. The number of rotatable bonds is 14. The van der Waals surface area contributed by atoms with Crippen molar-refractivity contribution in [3.8, 4) is 0 Å². The first-order valence-electron chi connectivity index (χ1n) is 5.98. The summed E-state index contributed by atoms with van der Waals surface area (Å²) in [6, 6.07) is 0. The van der Waals surface area contributed by atoms with Crippen molar-refractivity contribution in [1.82, 2.24) is 5.32 Å². The maximum atomic E-state index is 5.32. The highest BCUT2D eigenvalue weighted by Gasteiger charge is 1.91. The minimum atomic E-state index is 0.598. The van der Waals surface area contributed by atoms with Gasteiger partial charge in [-0.05, 0) is 7.05 Å².